The Bertz CT molecular complexity index is 1470. The first-order valence-corrected chi connectivity index (χ1v) is 12.0. The van der Waals surface area contributed by atoms with Crippen molar-refractivity contribution < 1.29 is 4.79 Å². The molecule has 0 unspecified atom stereocenters. The summed E-state index contributed by atoms with van der Waals surface area (Å²) in [6.07, 6.45) is 0.257. The highest BCUT2D eigenvalue weighted by Gasteiger charge is 2.19. The number of amides is 1. The number of hydrogen-bond acceptors (Lipinski definition) is 6. The molecule has 2 aromatic heterocycles. The summed E-state index contributed by atoms with van der Waals surface area (Å²) in [5, 5.41) is 21.6. The van der Waals surface area contributed by atoms with Gasteiger partial charge in [0.05, 0.1) is 21.9 Å². The van der Waals surface area contributed by atoms with Gasteiger partial charge in [-0.15, -0.1) is 15.3 Å². The van der Waals surface area contributed by atoms with E-state index in [9.17, 15) is 4.79 Å². The van der Waals surface area contributed by atoms with Crippen molar-refractivity contribution in [1.82, 2.24) is 29.8 Å². The summed E-state index contributed by atoms with van der Waals surface area (Å²) in [6, 6.07) is 22.3. The van der Waals surface area contributed by atoms with Crippen LogP contribution in [0.15, 0.2) is 78.0 Å². The van der Waals surface area contributed by atoms with Crippen LogP contribution in [0.1, 0.15) is 6.42 Å². The van der Waals surface area contributed by atoms with Crippen molar-refractivity contribution in [3.05, 3.63) is 82.8 Å². The molecule has 0 aliphatic carbocycles. The number of rotatable bonds is 7. The van der Waals surface area contributed by atoms with Gasteiger partial charge in [-0.2, -0.15) is 4.68 Å². The lowest BCUT2D eigenvalue weighted by molar-refractivity contribution is -0.115. The molecule has 0 radical (unpaired) electrons. The number of anilines is 1. The minimum absolute atomic E-state index is 0.162. The number of thioether (sulfide) groups is 1. The Morgan fingerprint density at radius 2 is 1.74 bits per heavy atom. The molecule has 0 bridgehead atoms. The van der Waals surface area contributed by atoms with Gasteiger partial charge in [0.15, 0.2) is 5.16 Å². The van der Waals surface area contributed by atoms with Crippen molar-refractivity contribution >= 4 is 57.6 Å². The lowest BCUT2D eigenvalue weighted by atomic mass is 10.3. The van der Waals surface area contributed by atoms with Crippen LogP contribution in [0.4, 0.5) is 5.69 Å². The zero-order valence-electron chi connectivity index (χ0n) is 17.6. The number of carbonyl (C=O) groups is 1. The molecule has 0 aliphatic heterocycles. The second-order valence-electron chi connectivity index (χ2n) is 7.21. The third-order valence-electron chi connectivity index (χ3n) is 4.94. The van der Waals surface area contributed by atoms with Crippen LogP contribution >= 0.6 is 35.0 Å². The fraction of sp³-hybridized carbons (Fsp3) is 0.0870. The number of hydrogen-bond donors (Lipinski definition) is 1. The number of halogens is 2. The molecule has 1 N–H and O–H groups in total. The molecular formula is C23H17Cl2N7OS. The molecule has 0 aliphatic rings. The van der Waals surface area contributed by atoms with E-state index in [1.807, 2.05) is 59.2 Å². The van der Waals surface area contributed by atoms with Crippen molar-refractivity contribution in [3.63, 3.8) is 0 Å². The van der Waals surface area contributed by atoms with Crippen molar-refractivity contribution in [2.24, 2.45) is 0 Å². The predicted octanol–water partition coefficient (Wildman–Crippen LogP) is 5.43. The van der Waals surface area contributed by atoms with Crippen molar-refractivity contribution in [2.75, 3.05) is 11.1 Å². The second-order valence-corrected chi connectivity index (χ2v) is 9.12. The number of nitrogens with zero attached hydrogens (tertiary/aromatic N) is 6. The van der Waals surface area contributed by atoms with Crippen LogP contribution < -0.4 is 5.32 Å². The van der Waals surface area contributed by atoms with Crippen LogP contribution in [0.2, 0.25) is 10.0 Å². The highest BCUT2D eigenvalue weighted by Crippen LogP contribution is 2.27. The molecular weight excluding hydrogens is 493 g/mol. The van der Waals surface area contributed by atoms with Gasteiger partial charge in [0.25, 0.3) is 5.95 Å². The summed E-state index contributed by atoms with van der Waals surface area (Å²) in [5.74, 6) is 0.838. The minimum Gasteiger partial charge on any atom is -0.325 e. The van der Waals surface area contributed by atoms with Crippen molar-refractivity contribution in [3.8, 4) is 11.6 Å². The van der Waals surface area contributed by atoms with Gasteiger partial charge in [-0.05, 0) is 42.5 Å². The van der Waals surface area contributed by atoms with E-state index in [0.717, 1.165) is 16.7 Å². The lowest BCUT2D eigenvalue weighted by Gasteiger charge is -2.10. The zero-order chi connectivity index (χ0) is 23.5. The van der Waals surface area contributed by atoms with E-state index in [1.165, 1.54) is 11.8 Å². The molecule has 2 heterocycles. The van der Waals surface area contributed by atoms with Crippen molar-refractivity contribution in [1.29, 1.82) is 0 Å². The monoisotopic (exact) mass is 509 g/mol. The molecule has 0 saturated carbocycles. The molecule has 11 heteroatoms. The quantitative estimate of drug-likeness (QED) is 0.294. The molecule has 1 amide bonds. The molecule has 3 aromatic carbocycles. The first-order valence-electron chi connectivity index (χ1n) is 10.3. The number of fused-ring (bicyclic) bond motifs is 1. The molecule has 5 rings (SSSR count). The summed E-state index contributed by atoms with van der Waals surface area (Å²) in [7, 11) is 0. The molecule has 0 fully saturated rings. The highest BCUT2D eigenvalue weighted by molar-refractivity contribution is 7.99. The molecule has 34 heavy (non-hydrogen) atoms. The van der Waals surface area contributed by atoms with Crippen LogP contribution in [0.25, 0.3) is 22.7 Å². The van der Waals surface area contributed by atoms with E-state index in [-0.39, 0.29) is 12.3 Å². The summed E-state index contributed by atoms with van der Waals surface area (Å²) in [5.41, 5.74) is 2.98. The van der Waals surface area contributed by atoms with Crippen LogP contribution in [-0.2, 0) is 4.79 Å². The Morgan fingerprint density at radius 1 is 0.941 bits per heavy atom. The Kier molecular flexibility index (Phi) is 6.48. The van der Waals surface area contributed by atoms with Crippen LogP contribution in [0.5, 0.6) is 0 Å². The van der Waals surface area contributed by atoms with Gasteiger partial charge in [-0.1, -0.05) is 70.5 Å². The third-order valence-corrected chi connectivity index (χ3v) is 6.42. The van der Waals surface area contributed by atoms with Gasteiger partial charge in [0.1, 0.15) is 5.52 Å². The molecule has 0 atom stereocenters. The topological polar surface area (TPSA) is 90.5 Å². The van der Waals surface area contributed by atoms with E-state index >= 15 is 0 Å². The normalized spacial score (nSPS) is 11.1. The lowest BCUT2D eigenvalue weighted by Crippen LogP contribution is -2.13. The van der Waals surface area contributed by atoms with Gasteiger partial charge in [0.2, 0.25) is 5.91 Å². The second kappa shape index (κ2) is 9.84. The standard InChI is InChI=1S/C23H17Cl2N7OS/c24-15-10-11-18(17(25)14-15)26-21(33)12-13-34-23-29-28-22(31(23)16-6-2-1-3-7-16)32-20-9-5-4-8-19(20)27-30-32/h1-11,14H,12-13H2,(H,26,33). The minimum atomic E-state index is -0.162. The van der Waals surface area contributed by atoms with Crippen molar-refractivity contribution in [2.45, 2.75) is 11.6 Å². The predicted molar refractivity (Wildman–Crippen MR) is 134 cm³/mol. The molecule has 5 aromatic rings. The number of benzene rings is 3. The number of aromatic nitrogens is 6. The average Bonchev–Trinajstić information content (AvgIpc) is 3.45. The van der Waals surface area contributed by atoms with Crippen LogP contribution in [0.3, 0.4) is 0 Å². The maximum absolute atomic E-state index is 12.5. The summed E-state index contributed by atoms with van der Waals surface area (Å²) in [4.78, 5) is 12.5. The van der Waals surface area contributed by atoms with E-state index in [1.54, 1.807) is 22.9 Å². The Labute approximate surface area is 208 Å². The maximum atomic E-state index is 12.5. The Balaban J connectivity index is 1.37. The highest BCUT2D eigenvalue weighted by atomic mass is 35.5. The van der Waals surface area contributed by atoms with Crippen LogP contribution in [-0.4, -0.2) is 41.4 Å². The fourth-order valence-corrected chi connectivity index (χ4v) is 4.69. The van der Waals surface area contributed by atoms with Crippen LogP contribution in [0, 0.1) is 0 Å². The van der Waals surface area contributed by atoms with E-state index < -0.39 is 0 Å². The molecule has 0 saturated heterocycles. The Hall–Kier alpha value is -3.40. The smallest absolute Gasteiger partial charge is 0.259 e. The third kappa shape index (κ3) is 4.63. The van der Waals surface area contributed by atoms with Gasteiger partial charge in [-0.25, -0.2) is 0 Å². The largest absolute Gasteiger partial charge is 0.325 e. The van der Waals surface area contributed by atoms with Gasteiger partial charge in [-0.3, -0.25) is 9.36 Å². The van der Waals surface area contributed by atoms with Gasteiger partial charge < -0.3 is 5.32 Å². The van der Waals surface area contributed by atoms with Gasteiger partial charge in [0, 0.05) is 17.2 Å². The number of carbonyl (C=O) groups excluding carboxylic acids is 1. The van der Waals surface area contributed by atoms with E-state index in [2.05, 4.69) is 25.8 Å². The summed E-state index contributed by atoms with van der Waals surface area (Å²) >= 11 is 13.5. The molecule has 8 nitrogen and oxygen atoms in total. The average molecular weight is 510 g/mol. The zero-order valence-corrected chi connectivity index (χ0v) is 19.9. The number of para-hydroxylation sites is 2. The summed E-state index contributed by atoms with van der Waals surface area (Å²) < 4.78 is 3.56. The summed E-state index contributed by atoms with van der Waals surface area (Å²) in [6.45, 7) is 0. The fourth-order valence-electron chi connectivity index (χ4n) is 3.35. The van der Waals surface area contributed by atoms with E-state index in [4.69, 9.17) is 23.2 Å². The molecule has 0 spiro atoms. The first-order chi connectivity index (χ1) is 16.6. The van der Waals surface area contributed by atoms with Gasteiger partial charge >= 0.3 is 0 Å². The molecule has 170 valence electrons. The number of nitrogens with one attached hydrogen (secondary N) is 1. The van der Waals surface area contributed by atoms with E-state index in [0.29, 0.717) is 32.6 Å². The SMILES string of the molecule is O=C(CCSc1nnc(-n2nnc3ccccc32)n1-c1ccccc1)Nc1ccc(Cl)cc1Cl. The Morgan fingerprint density at radius 3 is 2.56 bits per heavy atom. The first kappa shape index (κ1) is 22.4. The maximum Gasteiger partial charge on any atom is 0.259 e.